The van der Waals surface area contributed by atoms with Crippen LogP contribution in [0.15, 0.2) is 0 Å². The molecule has 112 valence electrons. The number of likely N-dealkylation sites (N-methyl/N-ethyl adjacent to an activating group) is 1. The monoisotopic (exact) mass is 268 g/mol. The van der Waals surface area contributed by atoms with Crippen LogP contribution in [0, 0.1) is 11.8 Å². The number of nitrogens with zero attached hydrogens (tertiary/aromatic N) is 1. The van der Waals surface area contributed by atoms with Gasteiger partial charge in [0.05, 0.1) is 6.61 Å². The molecule has 2 unspecified atom stereocenters. The van der Waals surface area contributed by atoms with Gasteiger partial charge in [-0.25, -0.2) is 0 Å². The van der Waals surface area contributed by atoms with Gasteiger partial charge in [0.1, 0.15) is 0 Å². The van der Waals surface area contributed by atoms with E-state index in [-0.39, 0.29) is 0 Å². The number of ether oxygens (including phenoxy) is 1. The first kappa shape index (κ1) is 15.3. The van der Waals surface area contributed by atoms with Crippen molar-refractivity contribution in [3.05, 3.63) is 0 Å². The van der Waals surface area contributed by atoms with Crippen LogP contribution in [0.2, 0.25) is 0 Å². The molecule has 3 heteroatoms. The molecule has 2 saturated carbocycles. The standard InChI is InChI=1S/C16H32N2O/c1-3-17-16-6-4-5-15(16)9-10-18(2)11-12-19-13-14-7-8-14/h14-17H,3-13H2,1-2H3. The average molecular weight is 268 g/mol. The molecule has 0 saturated heterocycles. The van der Waals surface area contributed by atoms with E-state index >= 15 is 0 Å². The fourth-order valence-corrected chi connectivity index (χ4v) is 3.17. The summed E-state index contributed by atoms with van der Waals surface area (Å²) in [7, 11) is 2.23. The average Bonchev–Trinajstić information content (AvgIpc) is 3.13. The van der Waals surface area contributed by atoms with Crippen LogP contribution in [-0.2, 0) is 4.74 Å². The predicted octanol–water partition coefficient (Wildman–Crippen LogP) is 2.51. The summed E-state index contributed by atoms with van der Waals surface area (Å²) in [5.41, 5.74) is 0. The first-order chi connectivity index (χ1) is 9.29. The van der Waals surface area contributed by atoms with E-state index in [1.807, 2.05) is 0 Å². The second-order valence-electron chi connectivity index (χ2n) is 6.47. The van der Waals surface area contributed by atoms with Gasteiger partial charge in [-0.05, 0) is 64.1 Å². The second-order valence-corrected chi connectivity index (χ2v) is 6.47. The van der Waals surface area contributed by atoms with E-state index in [9.17, 15) is 0 Å². The lowest BCUT2D eigenvalue weighted by atomic mass is 9.99. The van der Waals surface area contributed by atoms with E-state index in [0.29, 0.717) is 0 Å². The fourth-order valence-electron chi connectivity index (χ4n) is 3.17. The molecule has 1 N–H and O–H groups in total. The van der Waals surface area contributed by atoms with Crippen LogP contribution in [-0.4, -0.2) is 50.8 Å². The molecule has 0 aromatic heterocycles. The molecule has 0 spiro atoms. The summed E-state index contributed by atoms with van der Waals surface area (Å²) in [6, 6.07) is 0.782. The summed E-state index contributed by atoms with van der Waals surface area (Å²) in [5.74, 6) is 1.79. The van der Waals surface area contributed by atoms with Crippen molar-refractivity contribution >= 4 is 0 Å². The van der Waals surface area contributed by atoms with Crippen molar-refractivity contribution in [1.29, 1.82) is 0 Å². The Morgan fingerprint density at radius 2 is 2.00 bits per heavy atom. The zero-order valence-corrected chi connectivity index (χ0v) is 12.9. The van der Waals surface area contributed by atoms with Crippen molar-refractivity contribution in [2.75, 3.05) is 39.9 Å². The van der Waals surface area contributed by atoms with Gasteiger partial charge in [0, 0.05) is 19.2 Å². The minimum atomic E-state index is 0.782. The summed E-state index contributed by atoms with van der Waals surface area (Å²) in [6.45, 7) is 7.56. The molecule has 2 fully saturated rings. The summed E-state index contributed by atoms with van der Waals surface area (Å²) in [4.78, 5) is 2.44. The largest absolute Gasteiger partial charge is 0.380 e. The van der Waals surface area contributed by atoms with Crippen LogP contribution < -0.4 is 5.32 Å². The molecular formula is C16H32N2O. The third-order valence-corrected chi connectivity index (χ3v) is 4.67. The van der Waals surface area contributed by atoms with Crippen LogP contribution >= 0.6 is 0 Å². The van der Waals surface area contributed by atoms with Crippen molar-refractivity contribution in [3.63, 3.8) is 0 Å². The summed E-state index contributed by atoms with van der Waals surface area (Å²) < 4.78 is 5.71. The van der Waals surface area contributed by atoms with Crippen molar-refractivity contribution in [1.82, 2.24) is 10.2 Å². The maximum absolute atomic E-state index is 5.71. The van der Waals surface area contributed by atoms with E-state index in [4.69, 9.17) is 4.74 Å². The van der Waals surface area contributed by atoms with Crippen LogP contribution in [0.3, 0.4) is 0 Å². The van der Waals surface area contributed by atoms with Gasteiger partial charge in [0.15, 0.2) is 0 Å². The first-order valence-corrected chi connectivity index (χ1v) is 8.29. The van der Waals surface area contributed by atoms with Gasteiger partial charge in [0.25, 0.3) is 0 Å². The van der Waals surface area contributed by atoms with Gasteiger partial charge >= 0.3 is 0 Å². The third-order valence-electron chi connectivity index (χ3n) is 4.67. The molecule has 2 rings (SSSR count). The van der Waals surface area contributed by atoms with E-state index in [0.717, 1.165) is 44.2 Å². The van der Waals surface area contributed by atoms with Crippen LogP contribution in [0.1, 0.15) is 45.4 Å². The molecule has 0 amide bonds. The summed E-state index contributed by atoms with van der Waals surface area (Å²) in [5, 5.41) is 3.65. The highest BCUT2D eigenvalue weighted by molar-refractivity contribution is 4.83. The zero-order valence-electron chi connectivity index (χ0n) is 12.9. The van der Waals surface area contributed by atoms with E-state index < -0.39 is 0 Å². The number of rotatable bonds is 10. The first-order valence-electron chi connectivity index (χ1n) is 8.29. The molecule has 2 aliphatic rings. The Balaban J connectivity index is 1.50. The fraction of sp³-hybridized carbons (Fsp3) is 1.00. The van der Waals surface area contributed by atoms with Crippen LogP contribution in [0.4, 0.5) is 0 Å². The number of hydrogen-bond acceptors (Lipinski definition) is 3. The molecule has 3 nitrogen and oxygen atoms in total. The maximum atomic E-state index is 5.71. The third kappa shape index (κ3) is 5.80. The smallest absolute Gasteiger partial charge is 0.0593 e. The van der Waals surface area contributed by atoms with Crippen molar-refractivity contribution in [3.8, 4) is 0 Å². The van der Waals surface area contributed by atoms with Gasteiger partial charge in [-0.2, -0.15) is 0 Å². The highest BCUT2D eigenvalue weighted by Gasteiger charge is 2.26. The van der Waals surface area contributed by atoms with Gasteiger partial charge < -0.3 is 15.0 Å². The zero-order chi connectivity index (χ0) is 13.5. The normalized spacial score (nSPS) is 27.3. The van der Waals surface area contributed by atoms with Crippen molar-refractivity contribution in [2.45, 2.75) is 51.5 Å². The lowest BCUT2D eigenvalue weighted by molar-refractivity contribution is 0.101. The van der Waals surface area contributed by atoms with E-state index in [2.05, 4.69) is 24.2 Å². The molecule has 2 atom stereocenters. The quantitative estimate of drug-likeness (QED) is 0.616. The molecule has 2 aliphatic carbocycles. The Morgan fingerprint density at radius 3 is 2.74 bits per heavy atom. The molecule has 0 bridgehead atoms. The molecule has 0 aromatic carbocycles. The second kappa shape index (κ2) is 8.23. The Morgan fingerprint density at radius 1 is 1.16 bits per heavy atom. The van der Waals surface area contributed by atoms with Crippen molar-refractivity contribution < 1.29 is 4.74 Å². The molecule has 0 aromatic rings. The SMILES string of the molecule is CCNC1CCCC1CCN(C)CCOCC1CC1. The van der Waals surface area contributed by atoms with E-state index in [1.54, 1.807) is 0 Å². The lowest BCUT2D eigenvalue weighted by Gasteiger charge is -2.23. The van der Waals surface area contributed by atoms with Crippen LogP contribution in [0.25, 0.3) is 0 Å². The van der Waals surface area contributed by atoms with Gasteiger partial charge in [0.2, 0.25) is 0 Å². The molecule has 0 heterocycles. The number of hydrogen-bond donors (Lipinski definition) is 1. The van der Waals surface area contributed by atoms with E-state index in [1.165, 1.54) is 45.1 Å². The Hall–Kier alpha value is -0.120. The topological polar surface area (TPSA) is 24.5 Å². The number of nitrogens with one attached hydrogen (secondary N) is 1. The summed E-state index contributed by atoms with van der Waals surface area (Å²) in [6.07, 6.45) is 8.34. The highest BCUT2D eigenvalue weighted by Crippen LogP contribution is 2.29. The molecule has 0 radical (unpaired) electrons. The van der Waals surface area contributed by atoms with Gasteiger partial charge in [-0.15, -0.1) is 0 Å². The Bertz CT molecular complexity index is 243. The van der Waals surface area contributed by atoms with Crippen molar-refractivity contribution in [2.24, 2.45) is 11.8 Å². The predicted molar refractivity (Wildman–Crippen MR) is 80.5 cm³/mol. The minimum absolute atomic E-state index is 0.782. The maximum Gasteiger partial charge on any atom is 0.0593 e. The highest BCUT2D eigenvalue weighted by atomic mass is 16.5. The van der Waals surface area contributed by atoms with Gasteiger partial charge in [-0.1, -0.05) is 13.3 Å². The van der Waals surface area contributed by atoms with Crippen LogP contribution in [0.5, 0.6) is 0 Å². The van der Waals surface area contributed by atoms with Gasteiger partial charge in [-0.3, -0.25) is 0 Å². The summed E-state index contributed by atoms with van der Waals surface area (Å²) >= 11 is 0. The molecule has 19 heavy (non-hydrogen) atoms. The Labute approximate surface area is 119 Å². The molecule has 0 aliphatic heterocycles. The lowest BCUT2D eigenvalue weighted by Crippen LogP contribution is -2.34. The Kier molecular flexibility index (Phi) is 6.62. The molecular weight excluding hydrogens is 236 g/mol. The minimum Gasteiger partial charge on any atom is -0.380 e.